The van der Waals surface area contributed by atoms with Gasteiger partial charge in [-0.2, -0.15) is 0 Å². The Hall–Kier alpha value is -0.340. The quantitative estimate of drug-likeness (QED) is 0.519. The van der Waals surface area contributed by atoms with Gasteiger partial charge < -0.3 is 10.8 Å². The van der Waals surface area contributed by atoms with E-state index in [1.165, 1.54) is 0 Å². The molecule has 0 saturated heterocycles. The van der Waals surface area contributed by atoms with Gasteiger partial charge in [-0.15, -0.1) is 6.58 Å². The van der Waals surface area contributed by atoms with Gasteiger partial charge in [-0.3, -0.25) is 0 Å². The van der Waals surface area contributed by atoms with E-state index in [0.29, 0.717) is 6.42 Å². The van der Waals surface area contributed by atoms with Crippen LogP contribution in [0.5, 0.6) is 0 Å². The monoisotopic (exact) mass is 115 g/mol. The molecular weight excluding hydrogens is 102 g/mol. The molecule has 0 fully saturated rings. The third kappa shape index (κ3) is 2.77. The average molecular weight is 115 g/mol. The number of hydrogen-bond donors (Lipinski definition) is 2. The largest absolute Gasteiger partial charge is 0.392 e. The van der Waals surface area contributed by atoms with Crippen molar-refractivity contribution in [2.24, 2.45) is 5.73 Å². The number of hydrogen-bond acceptors (Lipinski definition) is 2. The molecule has 0 spiro atoms. The molecule has 0 amide bonds. The molecule has 0 rings (SSSR count). The van der Waals surface area contributed by atoms with Gasteiger partial charge in [0.25, 0.3) is 0 Å². The van der Waals surface area contributed by atoms with Crippen LogP contribution in [0, 0.1) is 0 Å². The summed E-state index contributed by atoms with van der Waals surface area (Å²) < 4.78 is 0. The van der Waals surface area contributed by atoms with Gasteiger partial charge in [0.1, 0.15) is 0 Å². The Balaban J connectivity index is 3.30. The summed E-state index contributed by atoms with van der Waals surface area (Å²) in [6.45, 7) is 5.17. The van der Waals surface area contributed by atoms with Crippen molar-refractivity contribution >= 4 is 0 Å². The van der Waals surface area contributed by atoms with Crippen LogP contribution in [0.3, 0.4) is 0 Å². The van der Waals surface area contributed by atoms with Crippen LogP contribution in [0.15, 0.2) is 12.7 Å². The molecule has 0 aliphatic heterocycles. The van der Waals surface area contributed by atoms with E-state index in [1.54, 1.807) is 13.0 Å². The molecule has 2 atom stereocenters. The second kappa shape index (κ2) is 3.64. The van der Waals surface area contributed by atoms with Gasteiger partial charge in [-0.25, -0.2) is 0 Å². The van der Waals surface area contributed by atoms with Crippen molar-refractivity contribution in [3.8, 4) is 0 Å². The van der Waals surface area contributed by atoms with Crippen molar-refractivity contribution in [1.29, 1.82) is 0 Å². The van der Waals surface area contributed by atoms with Crippen LogP contribution < -0.4 is 5.73 Å². The SMILES string of the molecule is C=CC[C@H](N)C(C)O. The van der Waals surface area contributed by atoms with Crippen LogP contribution in [0.4, 0.5) is 0 Å². The van der Waals surface area contributed by atoms with Crippen molar-refractivity contribution in [3.63, 3.8) is 0 Å². The summed E-state index contributed by atoms with van der Waals surface area (Å²) in [5.41, 5.74) is 5.41. The minimum atomic E-state index is -0.423. The summed E-state index contributed by atoms with van der Waals surface area (Å²) in [5.74, 6) is 0. The molecule has 0 radical (unpaired) electrons. The van der Waals surface area contributed by atoms with Crippen molar-refractivity contribution in [2.75, 3.05) is 0 Å². The van der Waals surface area contributed by atoms with E-state index in [9.17, 15) is 0 Å². The van der Waals surface area contributed by atoms with Crippen molar-refractivity contribution in [3.05, 3.63) is 12.7 Å². The summed E-state index contributed by atoms with van der Waals surface area (Å²) in [5, 5.41) is 8.78. The summed E-state index contributed by atoms with van der Waals surface area (Å²) >= 11 is 0. The fourth-order valence-corrected chi connectivity index (χ4v) is 0.389. The standard InChI is InChI=1S/C6H13NO/c1-3-4-6(7)5(2)8/h3,5-6,8H,1,4,7H2,2H3/t5?,6-/m0/s1. The lowest BCUT2D eigenvalue weighted by Gasteiger charge is -2.10. The predicted molar refractivity (Wildman–Crippen MR) is 34.5 cm³/mol. The first-order chi connectivity index (χ1) is 3.68. The average Bonchev–Trinajstić information content (AvgIpc) is 1.67. The van der Waals surface area contributed by atoms with Crippen LogP contribution >= 0.6 is 0 Å². The maximum Gasteiger partial charge on any atom is 0.0666 e. The Morgan fingerprint density at radius 1 is 1.88 bits per heavy atom. The zero-order valence-corrected chi connectivity index (χ0v) is 5.17. The lowest BCUT2D eigenvalue weighted by Crippen LogP contribution is -2.31. The molecule has 0 aromatic carbocycles. The maximum atomic E-state index is 8.78. The molecule has 0 aliphatic rings. The van der Waals surface area contributed by atoms with Gasteiger partial charge in [-0.1, -0.05) is 6.08 Å². The highest BCUT2D eigenvalue weighted by Gasteiger charge is 2.04. The lowest BCUT2D eigenvalue weighted by molar-refractivity contribution is 0.164. The van der Waals surface area contributed by atoms with E-state index in [4.69, 9.17) is 10.8 Å². The van der Waals surface area contributed by atoms with E-state index in [0.717, 1.165) is 0 Å². The Morgan fingerprint density at radius 2 is 2.38 bits per heavy atom. The van der Waals surface area contributed by atoms with Crippen LogP contribution in [0.25, 0.3) is 0 Å². The van der Waals surface area contributed by atoms with Gasteiger partial charge in [0.15, 0.2) is 0 Å². The maximum absolute atomic E-state index is 8.78. The first-order valence-corrected chi connectivity index (χ1v) is 2.73. The van der Waals surface area contributed by atoms with E-state index in [2.05, 4.69) is 6.58 Å². The molecule has 0 bridgehead atoms. The van der Waals surface area contributed by atoms with Crippen molar-refractivity contribution in [2.45, 2.75) is 25.5 Å². The molecule has 0 heterocycles. The molecule has 8 heavy (non-hydrogen) atoms. The predicted octanol–water partition coefficient (Wildman–Crippen LogP) is 0.271. The Kier molecular flexibility index (Phi) is 3.48. The minimum absolute atomic E-state index is 0.146. The second-order valence-electron chi connectivity index (χ2n) is 1.93. The number of nitrogens with two attached hydrogens (primary N) is 1. The molecule has 3 N–H and O–H groups in total. The highest BCUT2D eigenvalue weighted by atomic mass is 16.3. The third-order valence-electron chi connectivity index (χ3n) is 1.06. The first kappa shape index (κ1) is 7.66. The van der Waals surface area contributed by atoms with Crippen LogP contribution in [-0.2, 0) is 0 Å². The number of rotatable bonds is 3. The molecule has 48 valence electrons. The fraction of sp³-hybridized carbons (Fsp3) is 0.667. The molecule has 2 nitrogen and oxygen atoms in total. The summed E-state index contributed by atoms with van der Waals surface area (Å²) in [6.07, 6.45) is 1.96. The Labute approximate surface area is 50.0 Å². The van der Waals surface area contributed by atoms with Gasteiger partial charge in [0, 0.05) is 6.04 Å². The molecule has 0 aromatic rings. The van der Waals surface area contributed by atoms with Gasteiger partial charge in [-0.05, 0) is 13.3 Å². The molecule has 1 unspecified atom stereocenters. The van der Waals surface area contributed by atoms with E-state index in [-0.39, 0.29) is 6.04 Å². The second-order valence-corrected chi connectivity index (χ2v) is 1.93. The summed E-state index contributed by atoms with van der Waals surface area (Å²) in [6, 6.07) is -0.146. The van der Waals surface area contributed by atoms with Crippen molar-refractivity contribution < 1.29 is 5.11 Å². The van der Waals surface area contributed by atoms with E-state index < -0.39 is 6.10 Å². The topological polar surface area (TPSA) is 46.2 Å². The Bertz CT molecular complexity index is 70.9. The highest BCUT2D eigenvalue weighted by molar-refractivity contribution is 4.78. The first-order valence-electron chi connectivity index (χ1n) is 2.73. The van der Waals surface area contributed by atoms with Gasteiger partial charge >= 0.3 is 0 Å². The smallest absolute Gasteiger partial charge is 0.0666 e. The highest BCUT2D eigenvalue weighted by Crippen LogP contribution is 1.93. The molecular formula is C6H13NO. The number of aliphatic hydroxyl groups is 1. The third-order valence-corrected chi connectivity index (χ3v) is 1.06. The molecule has 0 aliphatic carbocycles. The Morgan fingerprint density at radius 3 is 2.50 bits per heavy atom. The zero-order valence-electron chi connectivity index (χ0n) is 5.17. The van der Waals surface area contributed by atoms with Gasteiger partial charge in [0.05, 0.1) is 6.10 Å². The normalized spacial score (nSPS) is 17.4. The minimum Gasteiger partial charge on any atom is -0.392 e. The number of aliphatic hydroxyl groups excluding tert-OH is 1. The van der Waals surface area contributed by atoms with E-state index >= 15 is 0 Å². The molecule has 2 heteroatoms. The lowest BCUT2D eigenvalue weighted by atomic mass is 10.1. The van der Waals surface area contributed by atoms with Gasteiger partial charge in [0.2, 0.25) is 0 Å². The van der Waals surface area contributed by atoms with Crippen LogP contribution in [0.1, 0.15) is 13.3 Å². The van der Waals surface area contributed by atoms with Crippen molar-refractivity contribution in [1.82, 2.24) is 0 Å². The summed E-state index contributed by atoms with van der Waals surface area (Å²) in [7, 11) is 0. The molecule has 0 aromatic heterocycles. The summed E-state index contributed by atoms with van der Waals surface area (Å²) in [4.78, 5) is 0. The van der Waals surface area contributed by atoms with E-state index in [1.807, 2.05) is 0 Å². The van der Waals surface area contributed by atoms with Crippen LogP contribution in [0.2, 0.25) is 0 Å². The zero-order chi connectivity index (χ0) is 6.57. The van der Waals surface area contributed by atoms with Crippen LogP contribution in [-0.4, -0.2) is 17.3 Å². The molecule has 0 saturated carbocycles. The fourth-order valence-electron chi connectivity index (χ4n) is 0.389.